The maximum Gasteiger partial charge on any atom is 0.217 e. The van der Waals surface area contributed by atoms with E-state index >= 15 is 0 Å². The molecule has 1 fully saturated rings. The number of rotatable bonds is 3. The highest BCUT2D eigenvalue weighted by atomic mass is 16.3. The van der Waals surface area contributed by atoms with Gasteiger partial charge < -0.3 is 15.3 Å². The summed E-state index contributed by atoms with van der Waals surface area (Å²) in [5, 5.41) is 12.4. The van der Waals surface area contributed by atoms with Crippen LogP contribution >= 0.6 is 0 Å². The highest BCUT2D eigenvalue weighted by molar-refractivity contribution is 5.73. The first kappa shape index (κ1) is 13.8. The predicted molar refractivity (Wildman–Crippen MR) is 73.9 cm³/mol. The number of pyridine rings is 1. The summed E-state index contributed by atoms with van der Waals surface area (Å²) < 4.78 is 0. The summed E-state index contributed by atoms with van der Waals surface area (Å²) in [5.41, 5.74) is 1.77. The number of nitrogens with zero attached hydrogens (tertiary/aromatic N) is 2. The zero-order chi connectivity index (χ0) is 13.8. The molecule has 1 amide bonds. The summed E-state index contributed by atoms with van der Waals surface area (Å²) in [4.78, 5) is 17.5. The number of nitrogens with one attached hydrogen (secondary N) is 1. The Labute approximate surface area is 113 Å². The first-order chi connectivity index (χ1) is 9.06. The minimum atomic E-state index is -0.528. The zero-order valence-electron chi connectivity index (χ0n) is 11.5. The average Bonchev–Trinajstić information content (AvgIpc) is 2.39. The lowest BCUT2D eigenvalue weighted by Gasteiger charge is -2.33. The van der Waals surface area contributed by atoms with Gasteiger partial charge in [-0.25, -0.2) is 0 Å². The summed E-state index contributed by atoms with van der Waals surface area (Å²) in [7, 11) is 0. The molecule has 0 spiro atoms. The molecule has 1 aliphatic heterocycles. The molecule has 0 saturated carbocycles. The largest absolute Gasteiger partial charge is 0.387 e. The van der Waals surface area contributed by atoms with Gasteiger partial charge in [0.05, 0.1) is 23.7 Å². The number of aromatic nitrogens is 1. The number of hydrogen-bond donors (Lipinski definition) is 2. The van der Waals surface area contributed by atoms with E-state index in [2.05, 4.69) is 15.2 Å². The average molecular weight is 263 g/mol. The van der Waals surface area contributed by atoms with Crippen molar-refractivity contribution in [3.8, 4) is 0 Å². The van der Waals surface area contributed by atoms with Gasteiger partial charge in [0.2, 0.25) is 5.91 Å². The van der Waals surface area contributed by atoms with Crippen molar-refractivity contribution in [2.45, 2.75) is 38.8 Å². The number of anilines is 1. The minimum absolute atomic E-state index is 0.0430. The summed E-state index contributed by atoms with van der Waals surface area (Å²) in [6, 6.07) is 4.15. The number of carbonyl (C=O) groups excluding carboxylic acids is 1. The molecule has 0 aliphatic carbocycles. The molecule has 1 aromatic rings. The standard InChI is InChI=1S/C14H21N3O2/c1-10(18)14-4-3-13(9-15-14)17-7-5-12(6-8-17)16-11(2)19/h3-4,9-10,12,18H,5-8H2,1-2H3,(H,16,19)/t10-/m0/s1. The molecule has 5 nitrogen and oxygen atoms in total. The highest BCUT2D eigenvalue weighted by Crippen LogP contribution is 2.20. The van der Waals surface area contributed by atoms with E-state index in [0.717, 1.165) is 31.6 Å². The number of carbonyl (C=O) groups is 1. The van der Waals surface area contributed by atoms with Crippen LogP contribution in [0.4, 0.5) is 5.69 Å². The third-order valence-electron chi connectivity index (χ3n) is 3.47. The summed E-state index contributed by atoms with van der Waals surface area (Å²) in [6.07, 6.45) is 3.19. The van der Waals surface area contributed by atoms with Gasteiger partial charge in [0, 0.05) is 26.1 Å². The second-order valence-corrected chi connectivity index (χ2v) is 5.08. The van der Waals surface area contributed by atoms with E-state index in [0.29, 0.717) is 11.7 Å². The Morgan fingerprint density at radius 1 is 1.47 bits per heavy atom. The molecule has 19 heavy (non-hydrogen) atoms. The molecule has 1 atom stereocenters. The molecule has 0 aromatic carbocycles. The fourth-order valence-electron chi connectivity index (χ4n) is 2.40. The van der Waals surface area contributed by atoms with Crippen molar-refractivity contribution in [2.75, 3.05) is 18.0 Å². The van der Waals surface area contributed by atoms with Crippen LogP contribution in [-0.2, 0) is 4.79 Å². The summed E-state index contributed by atoms with van der Waals surface area (Å²) in [6.45, 7) is 5.10. The molecule has 1 aliphatic rings. The molecule has 0 bridgehead atoms. The van der Waals surface area contributed by atoms with Crippen LogP contribution in [0.1, 0.15) is 38.5 Å². The van der Waals surface area contributed by atoms with E-state index in [-0.39, 0.29) is 5.91 Å². The van der Waals surface area contributed by atoms with Crippen LogP contribution in [0.25, 0.3) is 0 Å². The van der Waals surface area contributed by atoms with E-state index in [1.54, 1.807) is 20.0 Å². The lowest BCUT2D eigenvalue weighted by Crippen LogP contribution is -2.44. The highest BCUT2D eigenvalue weighted by Gasteiger charge is 2.20. The van der Waals surface area contributed by atoms with Gasteiger partial charge >= 0.3 is 0 Å². The maximum absolute atomic E-state index is 11.0. The Morgan fingerprint density at radius 2 is 2.16 bits per heavy atom. The third-order valence-corrected chi connectivity index (χ3v) is 3.47. The van der Waals surface area contributed by atoms with Crippen molar-refractivity contribution in [3.63, 3.8) is 0 Å². The molecule has 1 saturated heterocycles. The molecule has 104 valence electrons. The smallest absolute Gasteiger partial charge is 0.217 e. The second-order valence-electron chi connectivity index (χ2n) is 5.08. The van der Waals surface area contributed by atoms with Gasteiger partial charge in [0.15, 0.2) is 0 Å². The van der Waals surface area contributed by atoms with E-state index in [1.807, 2.05) is 12.1 Å². The molecular weight excluding hydrogens is 242 g/mol. The van der Waals surface area contributed by atoms with Crippen LogP contribution in [0.2, 0.25) is 0 Å². The fraction of sp³-hybridized carbons (Fsp3) is 0.571. The molecular formula is C14H21N3O2. The van der Waals surface area contributed by atoms with Gasteiger partial charge in [-0.05, 0) is 31.9 Å². The van der Waals surface area contributed by atoms with Crippen molar-refractivity contribution in [3.05, 3.63) is 24.0 Å². The van der Waals surface area contributed by atoms with Gasteiger partial charge in [-0.3, -0.25) is 9.78 Å². The van der Waals surface area contributed by atoms with Crippen LogP contribution in [0.15, 0.2) is 18.3 Å². The minimum Gasteiger partial charge on any atom is -0.387 e. The van der Waals surface area contributed by atoms with E-state index < -0.39 is 6.10 Å². The van der Waals surface area contributed by atoms with Gasteiger partial charge in [0.25, 0.3) is 0 Å². The van der Waals surface area contributed by atoms with Crippen molar-refractivity contribution in [2.24, 2.45) is 0 Å². The molecule has 2 heterocycles. The number of aliphatic hydroxyl groups is 1. The van der Waals surface area contributed by atoms with E-state index in [1.165, 1.54) is 0 Å². The van der Waals surface area contributed by atoms with Crippen molar-refractivity contribution >= 4 is 11.6 Å². The van der Waals surface area contributed by atoms with Crippen LogP contribution < -0.4 is 10.2 Å². The number of aliphatic hydroxyl groups excluding tert-OH is 1. The molecule has 0 radical (unpaired) electrons. The van der Waals surface area contributed by atoms with Gasteiger partial charge in [-0.15, -0.1) is 0 Å². The third kappa shape index (κ3) is 3.67. The lowest BCUT2D eigenvalue weighted by atomic mass is 10.0. The molecule has 2 rings (SSSR count). The Bertz CT molecular complexity index is 423. The zero-order valence-corrected chi connectivity index (χ0v) is 11.5. The quantitative estimate of drug-likeness (QED) is 0.861. The first-order valence-corrected chi connectivity index (χ1v) is 6.72. The van der Waals surface area contributed by atoms with Gasteiger partial charge in [0.1, 0.15) is 0 Å². The number of hydrogen-bond acceptors (Lipinski definition) is 4. The normalized spacial score (nSPS) is 18.2. The van der Waals surface area contributed by atoms with Crippen molar-refractivity contribution in [1.29, 1.82) is 0 Å². The Kier molecular flexibility index (Phi) is 4.37. The van der Waals surface area contributed by atoms with Crippen LogP contribution in [0.5, 0.6) is 0 Å². The van der Waals surface area contributed by atoms with Crippen LogP contribution in [0.3, 0.4) is 0 Å². The van der Waals surface area contributed by atoms with Crippen molar-refractivity contribution < 1.29 is 9.90 Å². The maximum atomic E-state index is 11.0. The molecule has 5 heteroatoms. The van der Waals surface area contributed by atoms with E-state index in [9.17, 15) is 9.90 Å². The monoisotopic (exact) mass is 263 g/mol. The topological polar surface area (TPSA) is 65.5 Å². The van der Waals surface area contributed by atoms with Gasteiger partial charge in [-0.2, -0.15) is 0 Å². The number of amides is 1. The Morgan fingerprint density at radius 3 is 2.63 bits per heavy atom. The summed E-state index contributed by atoms with van der Waals surface area (Å²) >= 11 is 0. The fourth-order valence-corrected chi connectivity index (χ4v) is 2.40. The molecule has 2 N–H and O–H groups in total. The predicted octanol–water partition coefficient (Wildman–Crippen LogP) is 1.24. The molecule has 1 aromatic heterocycles. The lowest BCUT2D eigenvalue weighted by molar-refractivity contribution is -0.119. The second kappa shape index (κ2) is 6.02. The number of piperidine rings is 1. The van der Waals surface area contributed by atoms with Crippen LogP contribution in [0, 0.1) is 0 Å². The molecule has 0 unspecified atom stereocenters. The summed E-state index contributed by atoms with van der Waals surface area (Å²) in [5.74, 6) is 0.0430. The van der Waals surface area contributed by atoms with Crippen LogP contribution in [-0.4, -0.2) is 35.1 Å². The Hall–Kier alpha value is -1.62. The Balaban J connectivity index is 1.92. The SMILES string of the molecule is CC(=O)NC1CCN(c2ccc([C@H](C)O)nc2)CC1. The van der Waals surface area contributed by atoms with E-state index in [4.69, 9.17) is 0 Å². The first-order valence-electron chi connectivity index (χ1n) is 6.72. The van der Waals surface area contributed by atoms with Gasteiger partial charge in [-0.1, -0.05) is 0 Å². The van der Waals surface area contributed by atoms with Crippen molar-refractivity contribution in [1.82, 2.24) is 10.3 Å².